The average Bonchev–Trinajstić information content (AvgIpc) is 2.49. The van der Waals surface area contributed by atoms with Gasteiger partial charge in [0.25, 0.3) is 0 Å². The van der Waals surface area contributed by atoms with E-state index in [0.29, 0.717) is 37.7 Å². The SMILES string of the molecule is COC(=O)/C(=C(\N)c1ccc(C)cc1)N1CCOCC1. The Morgan fingerprint density at radius 2 is 1.85 bits per heavy atom. The van der Waals surface area contributed by atoms with Crippen molar-refractivity contribution in [3.05, 3.63) is 41.1 Å². The summed E-state index contributed by atoms with van der Waals surface area (Å²) in [6.07, 6.45) is 0. The number of carbonyl (C=O) groups is 1. The maximum atomic E-state index is 12.1. The monoisotopic (exact) mass is 276 g/mol. The van der Waals surface area contributed by atoms with E-state index in [1.165, 1.54) is 7.11 Å². The molecule has 0 bridgehead atoms. The molecule has 0 spiro atoms. The predicted octanol–water partition coefficient (Wildman–Crippen LogP) is 1.13. The van der Waals surface area contributed by atoms with Crippen molar-refractivity contribution in [3.63, 3.8) is 0 Å². The highest BCUT2D eigenvalue weighted by Crippen LogP contribution is 2.19. The first-order valence-electron chi connectivity index (χ1n) is 6.61. The van der Waals surface area contributed by atoms with Crippen molar-refractivity contribution in [3.8, 4) is 0 Å². The second kappa shape index (κ2) is 6.43. The minimum atomic E-state index is -0.412. The number of carbonyl (C=O) groups excluding carboxylic acids is 1. The Morgan fingerprint density at radius 1 is 1.25 bits per heavy atom. The van der Waals surface area contributed by atoms with Crippen LogP contribution in [0, 0.1) is 6.92 Å². The van der Waals surface area contributed by atoms with Gasteiger partial charge in [-0.25, -0.2) is 4.79 Å². The summed E-state index contributed by atoms with van der Waals surface area (Å²) in [5.74, 6) is -0.412. The van der Waals surface area contributed by atoms with Gasteiger partial charge in [-0.1, -0.05) is 29.8 Å². The molecule has 2 N–H and O–H groups in total. The van der Waals surface area contributed by atoms with Crippen molar-refractivity contribution in [1.82, 2.24) is 4.90 Å². The van der Waals surface area contributed by atoms with Gasteiger partial charge in [0.05, 0.1) is 26.0 Å². The van der Waals surface area contributed by atoms with E-state index in [9.17, 15) is 4.79 Å². The van der Waals surface area contributed by atoms with E-state index in [1.54, 1.807) is 0 Å². The molecule has 0 radical (unpaired) electrons. The third kappa shape index (κ3) is 3.11. The van der Waals surface area contributed by atoms with Gasteiger partial charge in [0.15, 0.2) is 0 Å². The van der Waals surface area contributed by atoms with Crippen LogP contribution < -0.4 is 5.73 Å². The predicted molar refractivity (Wildman–Crippen MR) is 76.7 cm³/mol. The highest BCUT2D eigenvalue weighted by Gasteiger charge is 2.24. The highest BCUT2D eigenvalue weighted by molar-refractivity contribution is 5.96. The van der Waals surface area contributed by atoms with Gasteiger partial charge in [-0.3, -0.25) is 0 Å². The van der Waals surface area contributed by atoms with Crippen molar-refractivity contribution in [2.24, 2.45) is 5.73 Å². The van der Waals surface area contributed by atoms with Crippen LogP contribution in [0.1, 0.15) is 11.1 Å². The van der Waals surface area contributed by atoms with Gasteiger partial charge in [0, 0.05) is 13.1 Å². The van der Waals surface area contributed by atoms with Crippen LogP contribution in [0.15, 0.2) is 30.0 Å². The van der Waals surface area contributed by atoms with Crippen LogP contribution >= 0.6 is 0 Å². The number of rotatable bonds is 3. The summed E-state index contributed by atoms with van der Waals surface area (Å²) in [6, 6.07) is 7.76. The second-order valence-electron chi connectivity index (χ2n) is 4.72. The zero-order chi connectivity index (χ0) is 14.5. The van der Waals surface area contributed by atoms with E-state index in [-0.39, 0.29) is 0 Å². The molecule has 0 unspecified atom stereocenters. The summed E-state index contributed by atoms with van der Waals surface area (Å²) < 4.78 is 10.2. The molecule has 0 amide bonds. The van der Waals surface area contributed by atoms with Gasteiger partial charge in [0.2, 0.25) is 0 Å². The maximum absolute atomic E-state index is 12.1. The Labute approximate surface area is 119 Å². The summed E-state index contributed by atoms with van der Waals surface area (Å²) in [6.45, 7) is 4.45. The first-order chi connectivity index (χ1) is 9.63. The molecule has 2 rings (SSSR count). The van der Waals surface area contributed by atoms with E-state index in [2.05, 4.69) is 0 Å². The molecule has 1 aromatic carbocycles. The van der Waals surface area contributed by atoms with E-state index in [0.717, 1.165) is 11.1 Å². The van der Waals surface area contributed by atoms with Gasteiger partial charge < -0.3 is 20.1 Å². The number of hydrogen-bond donors (Lipinski definition) is 1. The Kier molecular flexibility index (Phi) is 4.63. The van der Waals surface area contributed by atoms with E-state index < -0.39 is 5.97 Å². The minimum Gasteiger partial charge on any atom is -0.464 e. The largest absolute Gasteiger partial charge is 0.464 e. The molecule has 108 valence electrons. The molecular formula is C15H20N2O3. The fraction of sp³-hybridized carbons (Fsp3) is 0.400. The maximum Gasteiger partial charge on any atom is 0.356 e. The van der Waals surface area contributed by atoms with Crippen LogP contribution in [0.25, 0.3) is 5.70 Å². The molecule has 20 heavy (non-hydrogen) atoms. The molecule has 0 aliphatic carbocycles. The van der Waals surface area contributed by atoms with Crippen molar-refractivity contribution in [1.29, 1.82) is 0 Å². The number of methoxy groups -OCH3 is 1. The van der Waals surface area contributed by atoms with Crippen LogP contribution in [-0.4, -0.2) is 44.3 Å². The van der Waals surface area contributed by atoms with Gasteiger partial charge in [-0.2, -0.15) is 0 Å². The number of aryl methyl sites for hydroxylation is 1. The number of hydrogen-bond acceptors (Lipinski definition) is 5. The minimum absolute atomic E-state index is 0.412. The molecule has 1 aromatic rings. The van der Waals surface area contributed by atoms with Gasteiger partial charge in [0.1, 0.15) is 5.70 Å². The smallest absolute Gasteiger partial charge is 0.356 e. The number of nitrogens with zero attached hydrogens (tertiary/aromatic N) is 1. The summed E-state index contributed by atoms with van der Waals surface area (Å²) in [5.41, 5.74) is 9.02. The van der Waals surface area contributed by atoms with Gasteiger partial charge in [-0.05, 0) is 12.5 Å². The van der Waals surface area contributed by atoms with Gasteiger partial charge in [-0.15, -0.1) is 0 Å². The zero-order valence-electron chi connectivity index (χ0n) is 11.9. The van der Waals surface area contributed by atoms with Crippen LogP contribution in [0.3, 0.4) is 0 Å². The quantitative estimate of drug-likeness (QED) is 0.662. The second-order valence-corrected chi connectivity index (χ2v) is 4.72. The average molecular weight is 276 g/mol. The van der Waals surface area contributed by atoms with Crippen LogP contribution in [-0.2, 0) is 14.3 Å². The Bertz CT molecular complexity index is 502. The summed E-state index contributed by atoms with van der Waals surface area (Å²) in [7, 11) is 1.37. The number of benzene rings is 1. The Balaban J connectivity index is 2.39. The molecule has 1 aliphatic rings. The van der Waals surface area contributed by atoms with E-state index >= 15 is 0 Å². The summed E-state index contributed by atoms with van der Waals surface area (Å²) in [4.78, 5) is 14.0. The molecule has 1 fully saturated rings. The van der Waals surface area contributed by atoms with Crippen molar-refractivity contribution < 1.29 is 14.3 Å². The highest BCUT2D eigenvalue weighted by atomic mass is 16.5. The number of nitrogens with two attached hydrogens (primary N) is 1. The topological polar surface area (TPSA) is 64.8 Å². The number of esters is 1. The number of ether oxygens (including phenoxy) is 2. The van der Waals surface area contributed by atoms with E-state index in [1.807, 2.05) is 36.1 Å². The van der Waals surface area contributed by atoms with Crippen molar-refractivity contribution in [2.45, 2.75) is 6.92 Å². The molecule has 1 aliphatic heterocycles. The lowest BCUT2D eigenvalue weighted by molar-refractivity contribution is -0.138. The Morgan fingerprint density at radius 3 is 2.40 bits per heavy atom. The standard InChI is InChI=1S/C15H20N2O3/c1-11-3-5-12(6-4-11)13(16)14(15(18)19-2)17-7-9-20-10-8-17/h3-6H,7-10,16H2,1-2H3/b14-13+. The molecule has 0 atom stereocenters. The number of morpholine rings is 1. The molecule has 1 saturated heterocycles. The molecule has 1 heterocycles. The molecule has 0 aromatic heterocycles. The normalized spacial score (nSPS) is 16.6. The van der Waals surface area contributed by atoms with Crippen LogP contribution in [0.4, 0.5) is 0 Å². The van der Waals surface area contributed by atoms with Crippen molar-refractivity contribution >= 4 is 11.7 Å². The lowest BCUT2D eigenvalue weighted by Crippen LogP contribution is -2.39. The molecule has 5 nitrogen and oxygen atoms in total. The lowest BCUT2D eigenvalue weighted by Gasteiger charge is -2.30. The fourth-order valence-corrected chi connectivity index (χ4v) is 2.16. The first-order valence-corrected chi connectivity index (χ1v) is 6.61. The third-order valence-electron chi connectivity index (χ3n) is 3.32. The Hall–Kier alpha value is -2.01. The van der Waals surface area contributed by atoms with E-state index in [4.69, 9.17) is 15.2 Å². The summed E-state index contributed by atoms with van der Waals surface area (Å²) in [5, 5.41) is 0. The molecule has 0 saturated carbocycles. The summed E-state index contributed by atoms with van der Waals surface area (Å²) >= 11 is 0. The van der Waals surface area contributed by atoms with Crippen LogP contribution in [0.2, 0.25) is 0 Å². The fourth-order valence-electron chi connectivity index (χ4n) is 2.16. The third-order valence-corrected chi connectivity index (χ3v) is 3.32. The zero-order valence-corrected chi connectivity index (χ0v) is 11.9. The first kappa shape index (κ1) is 14.4. The lowest BCUT2D eigenvalue weighted by atomic mass is 10.1. The van der Waals surface area contributed by atoms with Gasteiger partial charge >= 0.3 is 5.97 Å². The van der Waals surface area contributed by atoms with Crippen LogP contribution in [0.5, 0.6) is 0 Å². The molecular weight excluding hydrogens is 256 g/mol. The molecule has 5 heteroatoms. The van der Waals surface area contributed by atoms with Crippen molar-refractivity contribution in [2.75, 3.05) is 33.4 Å².